The predicted octanol–water partition coefficient (Wildman–Crippen LogP) is 5.46. The van der Waals surface area contributed by atoms with Crippen LogP contribution >= 0.6 is 0 Å². The molecule has 0 fully saturated rings. The SMILES string of the molecule is CC(=O)c1cccc(CC(CC(=O)Cn2nc(C(F)(F)F)c3c2CCCC3)C(=O)N(C)c2ccccc2)c1. The number of carbonyl (C=O) groups excluding carboxylic acids is 3. The summed E-state index contributed by atoms with van der Waals surface area (Å²) in [6, 6.07) is 15.9. The highest BCUT2D eigenvalue weighted by atomic mass is 19.4. The molecule has 4 rings (SSSR count). The van der Waals surface area contributed by atoms with Gasteiger partial charge in [-0.3, -0.25) is 19.1 Å². The average molecular weight is 526 g/mol. The molecule has 0 bridgehead atoms. The minimum Gasteiger partial charge on any atom is -0.315 e. The lowest BCUT2D eigenvalue weighted by molar-refractivity contribution is -0.142. The number of fused-ring (bicyclic) bond motifs is 1. The maximum atomic E-state index is 13.6. The van der Waals surface area contributed by atoms with Crippen LogP contribution < -0.4 is 4.90 Å². The van der Waals surface area contributed by atoms with Gasteiger partial charge in [-0.15, -0.1) is 0 Å². The van der Waals surface area contributed by atoms with Crippen molar-refractivity contribution in [1.82, 2.24) is 9.78 Å². The molecule has 9 heteroatoms. The number of hydrogen-bond acceptors (Lipinski definition) is 4. The molecule has 1 aromatic heterocycles. The molecule has 1 unspecified atom stereocenters. The van der Waals surface area contributed by atoms with Crippen molar-refractivity contribution < 1.29 is 27.6 Å². The van der Waals surface area contributed by atoms with Gasteiger partial charge in [0.2, 0.25) is 5.91 Å². The number of alkyl halides is 3. The van der Waals surface area contributed by atoms with E-state index in [0.29, 0.717) is 29.8 Å². The Bertz CT molecular complexity index is 1330. The molecule has 1 heterocycles. The Morgan fingerprint density at radius 3 is 2.42 bits per heavy atom. The molecule has 0 aliphatic heterocycles. The number of Topliss-reactive ketones (excluding diaryl/α,β-unsaturated/α-hetero) is 2. The summed E-state index contributed by atoms with van der Waals surface area (Å²) in [6.07, 6.45) is -2.45. The van der Waals surface area contributed by atoms with Gasteiger partial charge in [-0.25, -0.2) is 0 Å². The molecular formula is C29H30F3N3O3. The maximum Gasteiger partial charge on any atom is 0.435 e. The van der Waals surface area contributed by atoms with Crippen LogP contribution in [-0.4, -0.2) is 34.3 Å². The van der Waals surface area contributed by atoms with Gasteiger partial charge in [-0.1, -0.05) is 36.4 Å². The van der Waals surface area contributed by atoms with Crippen LogP contribution in [-0.2, 0) is 41.6 Å². The summed E-state index contributed by atoms with van der Waals surface area (Å²) in [6.45, 7) is 1.12. The van der Waals surface area contributed by atoms with Crippen LogP contribution in [0.15, 0.2) is 54.6 Å². The Kier molecular flexibility index (Phi) is 8.14. The normalized spacial score (nSPS) is 14.0. The average Bonchev–Trinajstić information content (AvgIpc) is 3.27. The number of nitrogens with zero attached hydrogens (tertiary/aromatic N) is 3. The number of ketones is 2. The Balaban J connectivity index is 1.59. The highest BCUT2D eigenvalue weighted by Gasteiger charge is 2.39. The second-order valence-electron chi connectivity index (χ2n) is 9.77. The molecule has 38 heavy (non-hydrogen) atoms. The summed E-state index contributed by atoms with van der Waals surface area (Å²) >= 11 is 0. The molecule has 1 aliphatic carbocycles. The number of amides is 1. The Hall–Kier alpha value is -3.75. The first-order chi connectivity index (χ1) is 18.0. The van der Waals surface area contributed by atoms with Crippen LogP contribution in [0, 0.1) is 5.92 Å². The number of carbonyl (C=O) groups is 3. The standard InChI is InChI=1S/C29H30F3N3O3/c1-19(36)21-10-8-9-20(15-21)16-22(28(38)34(2)23-11-4-3-5-12-23)17-24(37)18-35-26-14-7-6-13-25(26)27(33-35)29(30,31)32/h3-5,8-12,15,22H,6-7,13-14,16-18H2,1-2H3. The van der Waals surface area contributed by atoms with Crippen LogP contribution in [0.3, 0.4) is 0 Å². The lowest BCUT2D eigenvalue weighted by Crippen LogP contribution is -2.35. The third kappa shape index (κ3) is 6.20. The van der Waals surface area contributed by atoms with Gasteiger partial charge in [0, 0.05) is 41.9 Å². The van der Waals surface area contributed by atoms with Gasteiger partial charge >= 0.3 is 6.18 Å². The summed E-state index contributed by atoms with van der Waals surface area (Å²) in [4.78, 5) is 40.1. The van der Waals surface area contributed by atoms with E-state index < -0.39 is 17.8 Å². The van der Waals surface area contributed by atoms with Crippen molar-refractivity contribution in [2.45, 2.75) is 58.2 Å². The molecule has 0 radical (unpaired) electrons. The number of rotatable bonds is 9. The molecule has 3 aromatic rings. The van der Waals surface area contributed by atoms with Crippen molar-refractivity contribution in [1.29, 1.82) is 0 Å². The third-order valence-electron chi connectivity index (χ3n) is 6.96. The van der Waals surface area contributed by atoms with Crippen molar-refractivity contribution >= 4 is 23.2 Å². The molecule has 0 N–H and O–H groups in total. The van der Waals surface area contributed by atoms with E-state index in [0.717, 1.165) is 12.0 Å². The fourth-order valence-electron chi connectivity index (χ4n) is 5.04. The van der Waals surface area contributed by atoms with Crippen LogP contribution in [0.4, 0.5) is 18.9 Å². The van der Waals surface area contributed by atoms with E-state index in [9.17, 15) is 27.6 Å². The topological polar surface area (TPSA) is 72.3 Å². The van der Waals surface area contributed by atoms with E-state index in [1.807, 2.05) is 6.07 Å². The van der Waals surface area contributed by atoms with Crippen LogP contribution in [0.25, 0.3) is 0 Å². The zero-order chi connectivity index (χ0) is 27.4. The van der Waals surface area contributed by atoms with Gasteiger partial charge in [-0.05, 0) is 62.8 Å². The molecule has 1 atom stereocenters. The van der Waals surface area contributed by atoms with Crippen molar-refractivity contribution in [2.24, 2.45) is 5.92 Å². The van der Waals surface area contributed by atoms with E-state index in [-0.39, 0.29) is 48.8 Å². The molecule has 0 spiro atoms. The van der Waals surface area contributed by atoms with Gasteiger partial charge in [0.25, 0.3) is 0 Å². The Morgan fingerprint density at radius 1 is 1.03 bits per heavy atom. The number of benzene rings is 2. The summed E-state index contributed by atoms with van der Waals surface area (Å²) in [5.41, 5.74) is 1.59. The number of hydrogen-bond donors (Lipinski definition) is 0. The first-order valence-electron chi connectivity index (χ1n) is 12.6. The minimum absolute atomic E-state index is 0.115. The van der Waals surface area contributed by atoms with Crippen LogP contribution in [0.2, 0.25) is 0 Å². The first kappa shape index (κ1) is 27.3. The smallest absolute Gasteiger partial charge is 0.315 e. The van der Waals surface area contributed by atoms with Gasteiger partial charge < -0.3 is 4.90 Å². The quantitative estimate of drug-likeness (QED) is 0.348. The lowest BCUT2D eigenvalue weighted by Gasteiger charge is -2.24. The summed E-state index contributed by atoms with van der Waals surface area (Å²) in [7, 11) is 1.63. The summed E-state index contributed by atoms with van der Waals surface area (Å²) in [5, 5.41) is 3.79. The fraction of sp³-hybridized carbons (Fsp3) is 0.379. The highest BCUT2D eigenvalue weighted by Crippen LogP contribution is 2.36. The largest absolute Gasteiger partial charge is 0.435 e. The zero-order valence-corrected chi connectivity index (χ0v) is 21.4. The van der Waals surface area contributed by atoms with Gasteiger partial charge in [-0.2, -0.15) is 18.3 Å². The molecular weight excluding hydrogens is 495 g/mol. The number of aromatic nitrogens is 2. The lowest BCUT2D eigenvalue weighted by atomic mass is 9.91. The molecule has 1 aliphatic rings. The molecule has 200 valence electrons. The van der Waals surface area contributed by atoms with E-state index in [4.69, 9.17) is 0 Å². The molecule has 2 aromatic carbocycles. The van der Waals surface area contributed by atoms with E-state index in [2.05, 4.69) is 5.10 Å². The van der Waals surface area contributed by atoms with Gasteiger partial charge in [0.15, 0.2) is 17.3 Å². The Morgan fingerprint density at radius 2 is 1.74 bits per heavy atom. The highest BCUT2D eigenvalue weighted by molar-refractivity contribution is 5.97. The van der Waals surface area contributed by atoms with Crippen molar-refractivity contribution in [3.8, 4) is 0 Å². The molecule has 0 saturated carbocycles. The van der Waals surface area contributed by atoms with E-state index >= 15 is 0 Å². The zero-order valence-electron chi connectivity index (χ0n) is 21.4. The predicted molar refractivity (Wildman–Crippen MR) is 137 cm³/mol. The fourth-order valence-corrected chi connectivity index (χ4v) is 5.04. The van der Waals surface area contributed by atoms with Gasteiger partial charge in [0.1, 0.15) is 0 Å². The minimum atomic E-state index is -4.59. The molecule has 0 saturated heterocycles. The van der Waals surface area contributed by atoms with Crippen molar-refractivity contribution in [3.63, 3.8) is 0 Å². The molecule has 6 nitrogen and oxygen atoms in total. The number of para-hydroxylation sites is 1. The van der Waals surface area contributed by atoms with Crippen LogP contribution in [0.5, 0.6) is 0 Å². The summed E-state index contributed by atoms with van der Waals surface area (Å²) in [5.74, 6) is -1.56. The van der Waals surface area contributed by atoms with E-state index in [1.54, 1.807) is 55.6 Å². The Labute approximate surface area is 219 Å². The monoisotopic (exact) mass is 525 g/mol. The first-order valence-corrected chi connectivity index (χ1v) is 12.6. The third-order valence-corrected chi connectivity index (χ3v) is 6.96. The van der Waals surface area contributed by atoms with Crippen LogP contribution in [0.1, 0.15) is 59.1 Å². The number of anilines is 1. The van der Waals surface area contributed by atoms with Crippen molar-refractivity contribution in [2.75, 3.05) is 11.9 Å². The van der Waals surface area contributed by atoms with Gasteiger partial charge in [0.05, 0.1) is 6.54 Å². The number of halogens is 3. The van der Waals surface area contributed by atoms with Crippen molar-refractivity contribution in [3.05, 3.63) is 82.7 Å². The summed E-state index contributed by atoms with van der Waals surface area (Å²) < 4.78 is 41.9. The molecule has 1 amide bonds. The maximum absolute atomic E-state index is 13.6. The second kappa shape index (κ2) is 11.3. The second-order valence-corrected chi connectivity index (χ2v) is 9.77. The van der Waals surface area contributed by atoms with E-state index in [1.165, 1.54) is 16.5 Å².